The van der Waals surface area contributed by atoms with Gasteiger partial charge in [-0.3, -0.25) is 13.9 Å². The van der Waals surface area contributed by atoms with E-state index in [2.05, 4.69) is 9.88 Å². The molecule has 40 heavy (non-hydrogen) atoms. The molecule has 3 aromatic heterocycles. The van der Waals surface area contributed by atoms with E-state index in [1.54, 1.807) is 22.2 Å². The molecule has 0 bridgehead atoms. The number of esters is 1. The maximum Gasteiger partial charge on any atom is 0.334 e. The Labute approximate surface area is 234 Å². The molecule has 5 rings (SSSR count). The van der Waals surface area contributed by atoms with Crippen molar-refractivity contribution in [2.24, 2.45) is 13.0 Å². The van der Waals surface area contributed by atoms with E-state index < -0.39 is 5.60 Å². The van der Waals surface area contributed by atoms with Crippen molar-refractivity contribution in [1.82, 2.24) is 19.1 Å². The second kappa shape index (κ2) is 11.2. The molecule has 1 aromatic carbocycles. The van der Waals surface area contributed by atoms with Crippen LogP contribution in [-0.2, 0) is 23.2 Å². The van der Waals surface area contributed by atoms with E-state index in [0.717, 1.165) is 42.8 Å². The Balaban J connectivity index is 1.31. The zero-order chi connectivity index (χ0) is 28.4. The number of imidazole rings is 1. The number of hydrogen-bond acceptors (Lipinski definition) is 7. The van der Waals surface area contributed by atoms with Crippen LogP contribution in [0.4, 0.5) is 5.82 Å². The van der Waals surface area contributed by atoms with E-state index >= 15 is 0 Å². The number of nitrogens with zero attached hydrogens (tertiary/aromatic N) is 5. The highest BCUT2D eigenvalue weighted by Gasteiger charge is 2.26. The Morgan fingerprint density at radius 2 is 1.73 bits per heavy atom. The summed E-state index contributed by atoms with van der Waals surface area (Å²) in [7, 11) is 1.74. The molecule has 4 heterocycles. The van der Waals surface area contributed by atoms with Crippen LogP contribution in [0.3, 0.4) is 0 Å². The fourth-order valence-corrected chi connectivity index (χ4v) is 5.17. The van der Waals surface area contributed by atoms with Crippen LogP contribution in [0, 0.1) is 12.8 Å². The Morgan fingerprint density at radius 1 is 1.00 bits per heavy atom. The minimum atomic E-state index is -0.462. The SMILES string of the molecule is Cc1nc(OCc2ccccc2)ccc1-n1c(=O)n(C)c2nc(N3CCC(CC(=O)OC(C)(C)C)CC3)ccc21. The predicted octanol–water partition coefficient (Wildman–Crippen LogP) is 4.95. The normalized spacial score (nSPS) is 14.5. The van der Waals surface area contributed by atoms with Gasteiger partial charge in [0.15, 0.2) is 5.65 Å². The Bertz CT molecular complexity index is 1560. The minimum Gasteiger partial charge on any atom is -0.473 e. The molecule has 0 N–H and O–H groups in total. The highest BCUT2D eigenvalue weighted by molar-refractivity contribution is 5.76. The fourth-order valence-electron chi connectivity index (χ4n) is 5.17. The molecule has 0 atom stereocenters. The first-order valence-corrected chi connectivity index (χ1v) is 13.8. The van der Waals surface area contributed by atoms with Crippen LogP contribution in [0.2, 0.25) is 0 Å². The molecule has 0 radical (unpaired) electrons. The van der Waals surface area contributed by atoms with E-state index in [9.17, 15) is 9.59 Å². The van der Waals surface area contributed by atoms with Crippen LogP contribution in [0.1, 0.15) is 51.3 Å². The molecule has 1 aliphatic rings. The van der Waals surface area contributed by atoms with E-state index in [1.165, 1.54) is 0 Å². The second-order valence-electron chi connectivity index (χ2n) is 11.4. The molecule has 0 spiro atoms. The third-order valence-electron chi connectivity index (χ3n) is 7.19. The van der Waals surface area contributed by atoms with Crippen LogP contribution in [-0.4, -0.2) is 43.8 Å². The van der Waals surface area contributed by atoms with E-state index in [-0.39, 0.29) is 11.7 Å². The monoisotopic (exact) mass is 543 g/mol. The number of carbonyl (C=O) groups excluding carboxylic acids is 1. The van der Waals surface area contributed by atoms with Crippen molar-refractivity contribution < 1.29 is 14.3 Å². The largest absolute Gasteiger partial charge is 0.473 e. The molecular weight excluding hydrogens is 506 g/mol. The number of rotatable bonds is 7. The topological polar surface area (TPSA) is 91.5 Å². The lowest BCUT2D eigenvalue weighted by Gasteiger charge is -2.33. The first kappa shape index (κ1) is 27.4. The number of fused-ring (bicyclic) bond motifs is 1. The summed E-state index contributed by atoms with van der Waals surface area (Å²) in [6, 6.07) is 17.5. The molecular formula is C31H37N5O4. The van der Waals surface area contributed by atoms with Crippen molar-refractivity contribution in [1.29, 1.82) is 0 Å². The molecule has 0 unspecified atom stereocenters. The number of benzene rings is 1. The zero-order valence-corrected chi connectivity index (χ0v) is 23.9. The van der Waals surface area contributed by atoms with Crippen LogP contribution in [0.15, 0.2) is 59.4 Å². The van der Waals surface area contributed by atoms with Gasteiger partial charge in [0, 0.05) is 32.6 Å². The average molecular weight is 544 g/mol. The highest BCUT2D eigenvalue weighted by Crippen LogP contribution is 2.28. The van der Waals surface area contributed by atoms with Crippen molar-refractivity contribution in [2.45, 2.75) is 59.2 Å². The summed E-state index contributed by atoms with van der Waals surface area (Å²) >= 11 is 0. The van der Waals surface area contributed by atoms with Gasteiger partial charge in [-0.05, 0) is 70.2 Å². The number of aromatic nitrogens is 4. The highest BCUT2D eigenvalue weighted by atomic mass is 16.6. The van der Waals surface area contributed by atoms with E-state index in [4.69, 9.17) is 14.5 Å². The van der Waals surface area contributed by atoms with Gasteiger partial charge in [0.1, 0.15) is 18.0 Å². The van der Waals surface area contributed by atoms with Gasteiger partial charge >= 0.3 is 11.7 Å². The summed E-state index contributed by atoms with van der Waals surface area (Å²) in [6.45, 7) is 9.58. The molecule has 1 saturated heterocycles. The summed E-state index contributed by atoms with van der Waals surface area (Å²) in [6.07, 6.45) is 2.23. The second-order valence-corrected chi connectivity index (χ2v) is 11.4. The molecule has 9 heteroatoms. The summed E-state index contributed by atoms with van der Waals surface area (Å²) in [5.74, 6) is 1.50. The number of pyridine rings is 2. The molecule has 1 aliphatic heterocycles. The molecule has 4 aromatic rings. The van der Waals surface area contributed by atoms with Gasteiger partial charge in [0.25, 0.3) is 0 Å². The smallest absolute Gasteiger partial charge is 0.334 e. The number of ether oxygens (including phenoxy) is 2. The molecule has 0 amide bonds. The first-order valence-electron chi connectivity index (χ1n) is 13.8. The summed E-state index contributed by atoms with van der Waals surface area (Å²) < 4.78 is 14.6. The van der Waals surface area contributed by atoms with Gasteiger partial charge in [-0.25, -0.2) is 14.8 Å². The lowest BCUT2D eigenvalue weighted by atomic mass is 9.93. The summed E-state index contributed by atoms with van der Waals surface area (Å²) in [5.41, 5.74) is 3.14. The number of aryl methyl sites for hydroxylation is 2. The van der Waals surface area contributed by atoms with Crippen LogP contribution in [0.5, 0.6) is 5.88 Å². The van der Waals surface area contributed by atoms with E-state index in [0.29, 0.717) is 41.9 Å². The van der Waals surface area contributed by atoms with Crippen molar-refractivity contribution in [3.63, 3.8) is 0 Å². The van der Waals surface area contributed by atoms with Crippen molar-refractivity contribution in [3.8, 4) is 11.6 Å². The maximum absolute atomic E-state index is 13.3. The lowest BCUT2D eigenvalue weighted by molar-refractivity contribution is -0.156. The fraction of sp³-hybridized carbons (Fsp3) is 0.419. The van der Waals surface area contributed by atoms with Gasteiger partial charge in [-0.15, -0.1) is 0 Å². The zero-order valence-electron chi connectivity index (χ0n) is 23.9. The van der Waals surface area contributed by atoms with Gasteiger partial charge < -0.3 is 14.4 Å². The number of carbonyl (C=O) groups is 1. The van der Waals surface area contributed by atoms with Crippen LogP contribution < -0.4 is 15.3 Å². The van der Waals surface area contributed by atoms with Gasteiger partial charge in [-0.1, -0.05) is 30.3 Å². The average Bonchev–Trinajstić information content (AvgIpc) is 3.16. The Kier molecular flexibility index (Phi) is 7.65. The Hall–Kier alpha value is -4.14. The summed E-state index contributed by atoms with van der Waals surface area (Å²) in [4.78, 5) is 37.3. The number of piperidine rings is 1. The van der Waals surface area contributed by atoms with Crippen molar-refractivity contribution in [3.05, 3.63) is 76.3 Å². The van der Waals surface area contributed by atoms with Gasteiger partial charge in [0.05, 0.1) is 16.9 Å². The minimum absolute atomic E-state index is 0.137. The molecule has 210 valence electrons. The molecule has 0 aliphatic carbocycles. The quantitative estimate of drug-likeness (QED) is 0.305. The maximum atomic E-state index is 13.3. The lowest BCUT2D eigenvalue weighted by Crippen LogP contribution is -2.35. The van der Waals surface area contributed by atoms with E-state index in [1.807, 2.05) is 76.2 Å². The van der Waals surface area contributed by atoms with Crippen LogP contribution >= 0.6 is 0 Å². The number of hydrogen-bond donors (Lipinski definition) is 0. The third kappa shape index (κ3) is 6.03. The predicted molar refractivity (Wildman–Crippen MR) is 155 cm³/mol. The Morgan fingerprint density at radius 3 is 2.40 bits per heavy atom. The van der Waals surface area contributed by atoms with Crippen LogP contribution in [0.25, 0.3) is 16.9 Å². The van der Waals surface area contributed by atoms with Crippen molar-refractivity contribution in [2.75, 3.05) is 18.0 Å². The molecule has 9 nitrogen and oxygen atoms in total. The summed E-state index contributed by atoms with van der Waals surface area (Å²) in [5, 5.41) is 0. The van der Waals surface area contributed by atoms with Gasteiger partial charge in [-0.2, -0.15) is 0 Å². The van der Waals surface area contributed by atoms with Crippen molar-refractivity contribution >= 4 is 23.0 Å². The molecule has 1 fully saturated rings. The first-order chi connectivity index (χ1) is 19.1. The third-order valence-corrected chi connectivity index (χ3v) is 7.19. The van der Waals surface area contributed by atoms with Gasteiger partial charge in [0.2, 0.25) is 5.88 Å². The number of anilines is 1. The molecule has 0 saturated carbocycles. The standard InChI is InChI=1S/C31H37N5O4/c1-21-24(12-14-27(32-21)39-20-23-9-7-6-8-10-23)36-25-11-13-26(33-29(25)34(5)30(36)38)35-17-15-22(16-18-35)19-28(37)40-31(2,3)4/h6-14,22H,15-20H2,1-5H3.